The second-order valence-corrected chi connectivity index (χ2v) is 5.35. The lowest BCUT2D eigenvalue weighted by atomic mass is 10.2. The van der Waals surface area contributed by atoms with Crippen molar-refractivity contribution in [1.82, 2.24) is 10.1 Å². The number of hydrogen-bond acceptors (Lipinski definition) is 6. The lowest BCUT2D eigenvalue weighted by Crippen LogP contribution is -2.06. The molecule has 0 atom stereocenters. The molecule has 1 heterocycles. The van der Waals surface area contributed by atoms with Crippen molar-refractivity contribution in [1.29, 1.82) is 0 Å². The number of hydrogen-bond donors (Lipinski definition) is 0. The van der Waals surface area contributed by atoms with Gasteiger partial charge in [0.25, 0.3) is 5.89 Å². The first-order chi connectivity index (χ1) is 12.1. The van der Waals surface area contributed by atoms with Gasteiger partial charge in [-0.3, -0.25) is 0 Å². The van der Waals surface area contributed by atoms with Crippen LogP contribution in [0.25, 0.3) is 11.4 Å². The maximum Gasteiger partial charge on any atom is 0.340 e. The first kappa shape index (κ1) is 16.9. The topological polar surface area (TPSA) is 74.5 Å². The third-order valence-electron chi connectivity index (χ3n) is 3.27. The monoisotopic (exact) mass is 362 g/mol. The van der Waals surface area contributed by atoms with Crippen molar-refractivity contribution < 1.29 is 23.2 Å². The van der Waals surface area contributed by atoms with Gasteiger partial charge in [0.2, 0.25) is 5.82 Å². The summed E-state index contributed by atoms with van der Waals surface area (Å²) in [7, 11) is 1.56. The van der Waals surface area contributed by atoms with Crippen LogP contribution in [-0.2, 0) is 11.3 Å². The quantitative estimate of drug-likeness (QED) is 0.641. The summed E-state index contributed by atoms with van der Waals surface area (Å²) in [6, 6.07) is 10.5. The van der Waals surface area contributed by atoms with Crippen LogP contribution in [0.2, 0.25) is 5.02 Å². The summed E-state index contributed by atoms with van der Waals surface area (Å²) in [5.41, 5.74) is 0.748. The summed E-state index contributed by atoms with van der Waals surface area (Å²) in [6.07, 6.45) is 0. The van der Waals surface area contributed by atoms with E-state index in [9.17, 15) is 9.18 Å². The van der Waals surface area contributed by atoms with E-state index in [1.165, 1.54) is 6.07 Å². The summed E-state index contributed by atoms with van der Waals surface area (Å²) < 4.78 is 28.3. The molecule has 0 fully saturated rings. The number of benzene rings is 2. The first-order valence-electron chi connectivity index (χ1n) is 7.16. The molecular formula is C17H12ClFN2O4. The number of carbonyl (C=O) groups is 1. The van der Waals surface area contributed by atoms with Crippen molar-refractivity contribution in [2.24, 2.45) is 0 Å². The highest BCUT2D eigenvalue weighted by Crippen LogP contribution is 2.22. The van der Waals surface area contributed by atoms with Gasteiger partial charge in [0, 0.05) is 5.56 Å². The van der Waals surface area contributed by atoms with E-state index in [2.05, 4.69) is 10.1 Å². The fraction of sp³-hybridized carbons (Fsp3) is 0.118. The summed E-state index contributed by atoms with van der Waals surface area (Å²) in [6.45, 7) is -0.233. The van der Waals surface area contributed by atoms with Crippen LogP contribution in [0, 0.1) is 5.82 Å². The largest absolute Gasteiger partial charge is 0.497 e. The molecule has 0 N–H and O–H groups in total. The predicted molar refractivity (Wildman–Crippen MR) is 86.8 cm³/mol. The number of ether oxygens (including phenoxy) is 2. The van der Waals surface area contributed by atoms with Crippen molar-refractivity contribution in [3.8, 4) is 17.1 Å². The average molecular weight is 363 g/mol. The van der Waals surface area contributed by atoms with Crippen LogP contribution in [0.15, 0.2) is 47.0 Å². The number of nitrogens with zero attached hydrogens (tertiary/aromatic N) is 2. The Bertz CT molecular complexity index is 913. The van der Waals surface area contributed by atoms with E-state index in [1.54, 1.807) is 31.4 Å². The van der Waals surface area contributed by atoms with Gasteiger partial charge in [-0.2, -0.15) is 4.98 Å². The summed E-state index contributed by atoms with van der Waals surface area (Å²) in [5.74, 6) is -0.150. The zero-order valence-electron chi connectivity index (χ0n) is 13.0. The standard InChI is InChI=1S/C17H12ClFN2O4/c1-23-12-4-2-3-10(7-12)16-20-15(25-21-16)9-24-17(22)13-6-5-11(19)8-14(13)18/h2-8H,9H2,1H3. The van der Waals surface area contributed by atoms with Crippen LogP contribution in [-0.4, -0.2) is 23.2 Å². The van der Waals surface area contributed by atoms with Crippen LogP contribution in [0.3, 0.4) is 0 Å². The number of methoxy groups -OCH3 is 1. The Balaban J connectivity index is 1.68. The summed E-state index contributed by atoms with van der Waals surface area (Å²) in [4.78, 5) is 16.1. The first-order valence-corrected chi connectivity index (χ1v) is 7.54. The lowest BCUT2D eigenvalue weighted by Gasteiger charge is -2.03. The molecule has 0 amide bonds. The van der Waals surface area contributed by atoms with Crippen molar-refractivity contribution >= 4 is 17.6 Å². The molecule has 128 valence electrons. The summed E-state index contributed by atoms with van der Waals surface area (Å²) in [5, 5.41) is 3.80. The van der Waals surface area contributed by atoms with E-state index in [-0.39, 0.29) is 23.1 Å². The Hall–Kier alpha value is -2.93. The molecule has 0 bridgehead atoms. The van der Waals surface area contributed by atoms with Crippen LogP contribution < -0.4 is 4.74 Å². The molecule has 0 saturated carbocycles. The lowest BCUT2D eigenvalue weighted by molar-refractivity contribution is 0.0430. The summed E-state index contributed by atoms with van der Waals surface area (Å²) >= 11 is 5.81. The van der Waals surface area contributed by atoms with E-state index in [4.69, 9.17) is 25.6 Å². The molecule has 0 spiro atoms. The van der Waals surface area contributed by atoms with Crippen molar-refractivity contribution in [3.05, 3.63) is 64.8 Å². The number of halogens is 2. The van der Waals surface area contributed by atoms with E-state index in [0.29, 0.717) is 17.1 Å². The van der Waals surface area contributed by atoms with Crippen molar-refractivity contribution in [2.75, 3.05) is 7.11 Å². The van der Waals surface area contributed by atoms with E-state index in [0.717, 1.165) is 12.1 Å². The molecule has 3 rings (SSSR count). The molecule has 0 aliphatic carbocycles. The average Bonchev–Trinajstić information content (AvgIpc) is 3.09. The molecule has 0 radical (unpaired) electrons. The highest BCUT2D eigenvalue weighted by atomic mass is 35.5. The van der Waals surface area contributed by atoms with Gasteiger partial charge in [0.05, 0.1) is 17.7 Å². The minimum Gasteiger partial charge on any atom is -0.497 e. The van der Waals surface area contributed by atoms with Crippen LogP contribution >= 0.6 is 11.6 Å². The Morgan fingerprint density at radius 1 is 1.28 bits per heavy atom. The number of rotatable bonds is 5. The molecule has 25 heavy (non-hydrogen) atoms. The zero-order valence-corrected chi connectivity index (χ0v) is 13.8. The predicted octanol–water partition coefficient (Wildman–Crippen LogP) is 3.89. The second-order valence-electron chi connectivity index (χ2n) is 4.94. The van der Waals surface area contributed by atoms with Crippen LogP contribution in [0.5, 0.6) is 5.75 Å². The fourth-order valence-electron chi connectivity index (χ4n) is 2.05. The second kappa shape index (κ2) is 7.31. The van der Waals surface area contributed by atoms with Gasteiger partial charge in [-0.15, -0.1) is 0 Å². The normalized spacial score (nSPS) is 10.5. The van der Waals surface area contributed by atoms with Gasteiger partial charge < -0.3 is 14.0 Å². The zero-order chi connectivity index (χ0) is 17.8. The Labute approximate surface area is 147 Å². The Kier molecular flexibility index (Phi) is 4.95. The van der Waals surface area contributed by atoms with Gasteiger partial charge in [0.15, 0.2) is 6.61 Å². The number of aromatic nitrogens is 2. The maximum atomic E-state index is 13.0. The van der Waals surface area contributed by atoms with Gasteiger partial charge >= 0.3 is 5.97 Å². The molecule has 1 aromatic heterocycles. The Morgan fingerprint density at radius 2 is 2.12 bits per heavy atom. The van der Waals surface area contributed by atoms with Gasteiger partial charge in [-0.05, 0) is 30.3 Å². The smallest absolute Gasteiger partial charge is 0.340 e. The van der Waals surface area contributed by atoms with Crippen molar-refractivity contribution in [3.63, 3.8) is 0 Å². The maximum absolute atomic E-state index is 13.0. The van der Waals surface area contributed by atoms with Gasteiger partial charge in [-0.25, -0.2) is 9.18 Å². The van der Waals surface area contributed by atoms with Crippen LogP contribution in [0.1, 0.15) is 16.2 Å². The van der Waals surface area contributed by atoms with Gasteiger partial charge in [-0.1, -0.05) is 28.9 Å². The Morgan fingerprint density at radius 3 is 2.88 bits per heavy atom. The molecule has 6 nitrogen and oxygen atoms in total. The number of esters is 1. The molecule has 0 aliphatic rings. The van der Waals surface area contributed by atoms with Crippen LogP contribution in [0.4, 0.5) is 4.39 Å². The third kappa shape index (κ3) is 3.95. The molecule has 0 saturated heterocycles. The highest BCUT2D eigenvalue weighted by molar-refractivity contribution is 6.33. The molecule has 3 aromatic rings. The molecule has 0 unspecified atom stereocenters. The van der Waals surface area contributed by atoms with E-state index < -0.39 is 11.8 Å². The molecule has 8 heteroatoms. The van der Waals surface area contributed by atoms with E-state index >= 15 is 0 Å². The molecule has 2 aromatic carbocycles. The number of carbonyl (C=O) groups excluding carboxylic acids is 1. The minimum atomic E-state index is -0.717. The van der Waals surface area contributed by atoms with Crippen molar-refractivity contribution in [2.45, 2.75) is 6.61 Å². The highest BCUT2D eigenvalue weighted by Gasteiger charge is 2.15. The molecular weight excluding hydrogens is 351 g/mol. The third-order valence-corrected chi connectivity index (χ3v) is 3.59. The van der Waals surface area contributed by atoms with E-state index in [1.807, 2.05) is 0 Å². The van der Waals surface area contributed by atoms with Gasteiger partial charge in [0.1, 0.15) is 11.6 Å². The minimum absolute atomic E-state index is 0.0346. The fourth-order valence-corrected chi connectivity index (χ4v) is 2.30. The molecule has 0 aliphatic heterocycles. The SMILES string of the molecule is COc1cccc(-c2noc(COC(=O)c3ccc(F)cc3Cl)n2)c1.